The molecule has 0 fully saturated rings. The molecule has 0 bridgehead atoms. The summed E-state index contributed by atoms with van der Waals surface area (Å²) in [5.74, 6) is -0.311. The molecule has 0 saturated heterocycles. The molecule has 2 rings (SSSR count). The van der Waals surface area contributed by atoms with Gasteiger partial charge in [-0.2, -0.15) is 4.98 Å². The van der Waals surface area contributed by atoms with Crippen molar-refractivity contribution in [1.29, 1.82) is 0 Å². The first-order valence-electron chi connectivity index (χ1n) is 16.5. The molecule has 9 nitrogen and oxygen atoms in total. The zero-order valence-electron chi connectivity index (χ0n) is 25.7. The van der Waals surface area contributed by atoms with Crippen molar-refractivity contribution >= 4 is 23.1 Å². The van der Waals surface area contributed by atoms with E-state index in [2.05, 4.69) is 21.9 Å². The maximum Gasteiger partial charge on any atom is 0.305 e. The molecular formula is C32H57N5O4. The number of H-pyrrole nitrogens is 1. The van der Waals surface area contributed by atoms with Gasteiger partial charge in [-0.25, -0.2) is 4.98 Å². The Labute approximate surface area is 247 Å². The van der Waals surface area contributed by atoms with E-state index in [0.29, 0.717) is 25.0 Å². The molecule has 9 heteroatoms. The Morgan fingerprint density at radius 3 is 1.93 bits per heavy atom. The zero-order valence-corrected chi connectivity index (χ0v) is 25.7. The minimum atomic E-state index is -0.393. The number of nitrogens with one attached hydrogen (secondary N) is 1. The second kappa shape index (κ2) is 22.2. The Morgan fingerprint density at radius 2 is 1.41 bits per heavy atom. The predicted octanol–water partition coefficient (Wildman–Crippen LogP) is 7.07. The van der Waals surface area contributed by atoms with E-state index in [9.17, 15) is 14.7 Å². The molecule has 4 N–H and O–H groups in total. The van der Waals surface area contributed by atoms with Crippen molar-refractivity contribution in [2.24, 2.45) is 5.92 Å². The molecule has 2 heterocycles. The van der Waals surface area contributed by atoms with Crippen LogP contribution >= 0.6 is 0 Å². The molecule has 0 unspecified atom stereocenters. The monoisotopic (exact) mass is 575 g/mol. The molecular weight excluding hydrogens is 518 g/mol. The first-order valence-corrected chi connectivity index (χ1v) is 16.5. The molecule has 2 aromatic rings. The number of carbonyl (C=O) groups is 1. The Balaban J connectivity index is 1.38. The number of carbonyl (C=O) groups excluding carboxylic acids is 1. The molecule has 0 spiro atoms. The van der Waals surface area contributed by atoms with Gasteiger partial charge in [-0.1, -0.05) is 122 Å². The summed E-state index contributed by atoms with van der Waals surface area (Å²) in [4.78, 5) is 34.7. The van der Waals surface area contributed by atoms with Crippen molar-refractivity contribution in [2.45, 2.75) is 148 Å². The number of hydrogen-bond donors (Lipinski definition) is 3. The number of fused-ring (bicyclic) bond motifs is 1. The first-order chi connectivity index (χ1) is 20.0. The lowest BCUT2D eigenvalue weighted by Crippen LogP contribution is -2.19. The van der Waals surface area contributed by atoms with Gasteiger partial charge in [-0.15, -0.1) is 0 Å². The van der Waals surface area contributed by atoms with Crippen molar-refractivity contribution in [3.63, 3.8) is 0 Å². The number of aliphatic hydroxyl groups is 1. The average molecular weight is 576 g/mol. The van der Waals surface area contributed by atoms with Crippen molar-refractivity contribution in [3.8, 4) is 0 Å². The fraction of sp³-hybridized carbons (Fsp3) is 0.812. The van der Waals surface area contributed by atoms with E-state index in [0.717, 1.165) is 12.8 Å². The number of aromatic amines is 1. The highest BCUT2D eigenvalue weighted by Crippen LogP contribution is 2.16. The van der Waals surface area contributed by atoms with Gasteiger partial charge in [0.2, 0.25) is 5.95 Å². The van der Waals surface area contributed by atoms with Crippen LogP contribution in [0.2, 0.25) is 0 Å². The van der Waals surface area contributed by atoms with E-state index in [-0.39, 0.29) is 36.6 Å². The summed E-state index contributed by atoms with van der Waals surface area (Å²) in [6.07, 6.45) is 27.7. The third-order valence-corrected chi connectivity index (χ3v) is 7.98. The van der Waals surface area contributed by atoms with Gasteiger partial charge >= 0.3 is 5.97 Å². The van der Waals surface area contributed by atoms with Crippen LogP contribution in [0.15, 0.2) is 11.1 Å². The highest BCUT2D eigenvalue weighted by atomic mass is 16.5. The number of hydrogen-bond acceptors (Lipinski definition) is 7. The van der Waals surface area contributed by atoms with Crippen LogP contribution in [0, 0.1) is 5.92 Å². The van der Waals surface area contributed by atoms with E-state index in [4.69, 9.17) is 10.5 Å². The SMILES string of the molecule is CCCCCCCCCCCCCCCCCCCCCC(=O)OCC[C@@H](CO)Cn1cnc2c(=O)[nH]c(N)nc21. The summed E-state index contributed by atoms with van der Waals surface area (Å²) in [6.45, 7) is 2.86. The summed E-state index contributed by atoms with van der Waals surface area (Å²) >= 11 is 0. The minimum Gasteiger partial charge on any atom is -0.466 e. The van der Waals surface area contributed by atoms with Crippen LogP contribution < -0.4 is 11.3 Å². The molecule has 41 heavy (non-hydrogen) atoms. The Morgan fingerprint density at radius 1 is 0.902 bits per heavy atom. The lowest BCUT2D eigenvalue weighted by molar-refractivity contribution is -0.144. The molecule has 234 valence electrons. The number of imidazole rings is 1. The van der Waals surface area contributed by atoms with Gasteiger partial charge < -0.3 is 20.1 Å². The molecule has 0 aromatic carbocycles. The quantitative estimate of drug-likeness (QED) is 0.0806. The average Bonchev–Trinajstić information content (AvgIpc) is 3.36. The third-order valence-electron chi connectivity index (χ3n) is 7.98. The van der Waals surface area contributed by atoms with Crippen LogP contribution in [0.25, 0.3) is 11.2 Å². The number of nitrogen functional groups attached to an aromatic ring is 1. The maximum atomic E-state index is 12.1. The molecule has 2 aromatic heterocycles. The number of nitrogens with zero attached hydrogens (tertiary/aromatic N) is 3. The molecule has 0 aliphatic heterocycles. The molecule has 0 amide bonds. The van der Waals surface area contributed by atoms with Crippen LogP contribution in [0.5, 0.6) is 0 Å². The van der Waals surface area contributed by atoms with Gasteiger partial charge in [0.15, 0.2) is 11.2 Å². The largest absolute Gasteiger partial charge is 0.466 e. The standard InChI is InChI=1S/C32H57N5O4/c1-2-3-4-5-6-7-8-9-10-11-12-13-14-15-16-17-18-19-20-21-28(39)41-23-22-27(25-38)24-37-26-34-29-30(37)35-32(33)36-31(29)40/h26-27,38H,2-25H2,1H3,(H3,33,35,36,40)/t27-/m1/s1. The number of ether oxygens (including phenoxy) is 1. The second-order valence-electron chi connectivity index (χ2n) is 11.7. The number of aliphatic hydroxyl groups excluding tert-OH is 1. The van der Waals surface area contributed by atoms with E-state index >= 15 is 0 Å². The summed E-state index contributed by atoms with van der Waals surface area (Å²) in [7, 11) is 0. The van der Waals surface area contributed by atoms with Crippen LogP contribution in [0.1, 0.15) is 142 Å². The highest BCUT2D eigenvalue weighted by Gasteiger charge is 2.15. The van der Waals surface area contributed by atoms with E-state index < -0.39 is 5.56 Å². The normalized spacial score (nSPS) is 12.2. The Kier molecular flexibility index (Phi) is 18.8. The van der Waals surface area contributed by atoms with Crippen molar-refractivity contribution < 1.29 is 14.6 Å². The third kappa shape index (κ3) is 15.4. The topological polar surface area (TPSA) is 136 Å². The molecule has 0 aliphatic carbocycles. The van der Waals surface area contributed by atoms with Crippen LogP contribution in [0.4, 0.5) is 5.95 Å². The number of nitrogens with two attached hydrogens (primary N) is 1. The van der Waals surface area contributed by atoms with Crippen LogP contribution in [-0.2, 0) is 16.1 Å². The van der Waals surface area contributed by atoms with Gasteiger partial charge in [-0.3, -0.25) is 14.6 Å². The van der Waals surface area contributed by atoms with Crippen molar-refractivity contribution in [1.82, 2.24) is 19.5 Å². The lowest BCUT2D eigenvalue weighted by atomic mass is 10.0. The first kappa shape index (κ1) is 34.8. The molecule has 0 saturated carbocycles. The summed E-state index contributed by atoms with van der Waals surface area (Å²) in [5.41, 5.74) is 5.84. The van der Waals surface area contributed by atoms with Gasteiger partial charge in [0.05, 0.1) is 12.9 Å². The Bertz CT molecular complexity index is 1010. The minimum absolute atomic E-state index is 0.0218. The van der Waals surface area contributed by atoms with Gasteiger partial charge in [0, 0.05) is 25.5 Å². The van der Waals surface area contributed by atoms with E-state index in [1.165, 1.54) is 115 Å². The van der Waals surface area contributed by atoms with Gasteiger partial charge in [0.1, 0.15) is 0 Å². The smallest absolute Gasteiger partial charge is 0.305 e. The highest BCUT2D eigenvalue weighted by molar-refractivity contribution is 5.70. The van der Waals surface area contributed by atoms with Gasteiger partial charge in [-0.05, 0) is 12.8 Å². The van der Waals surface area contributed by atoms with Crippen LogP contribution in [0.3, 0.4) is 0 Å². The van der Waals surface area contributed by atoms with Crippen LogP contribution in [-0.4, -0.2) is 43.8 Å². The van der Waals surface area contributed by atoms with Crippen molar-refractivity contribution in [2.75, 3.05) is 18.9 Å². The number of unbranched alkanes of at least 4 members (excludes halogenated alkanes) is 18. The van der Waals surface area contributed by atoms with Crippen molar-refractivity contribution in [3.05, 3.63) is 16.7 Å². The summed E-state index contributed by atoms with van der Waals surface area (Å²) in [6, 6.07) is 0. The molecule has 1 atom stereocenters. The van der Waals surface area contributed by atoms with Gasteiger partial charge in [0.25, 0.3) is 5.56 Å². The maximum absolute atomic E-state index is 12.1. The number of esters is 1. The summed E-state index contributed by atoms with van der Waals surface area (Å²) < 4.78 is 7.09. The van der Waals surface area contributed by atoms with E-state index in [1.54, 1.807) is 4.57 Å². The number of anilines is 1. The molecule has 0 aliphatic rings. The zero-order chi connectivity index (χ0) is 29.5. The second-order valence-corrected chi connectivity index (χ2v) is 11.7. The number of rotatable bonds is 26. The fourth-order valence-electron chi connectivity index (χ4n) is 5.38. The Hall–Kier alpha value is -2.42. The predicted molar refractivity (Wildman–Crippen MR) is 167 cm³/mol. The number of aromatic nitrogens is 4. The summed E-state index contributed by atoms with van der Waals surface area (Å²) in [5, 5.41) is 9.76. The lowest BCUT2D eigenvalue weighted by Gasteiger charge is -2.15. The fourth-order valence-corrected chi connectivity index (χ4v) is 5.38. The molecule has 0 radical (unpaired) electrons. The van der Waals surface area contributed by atoms with E-state index in [1.807, 2.05) is 0 Å².